The van der Waals surface area contributed by atoms with Crippen molar-refractivity contribution in [2.45, 2.75) is 19.5 Å². The maximum atomic E-state index is 12.6. The van der Waals surface area contributed by atoms with Gasteiger partial charge >= 0.3 is 0 Å². The topological polar surface area (TPSA) is 67.6 Å². The van der Waals surface area contributed by atoms with Crippen molar-refractivity contribution < 1.29 is 9.53 Å². The Morgan fingerprint density at radius 1 is 1.43 bits per heavy atom. The first-order chi connectivity index (χ1) is 11.1. The fourth-order valence-electron chi connectivity index (χ4n) is 2.91. The number of thiophene rings is 1. The molecule has 122 valence electrons. The molecule has 1 aliphatic heterocycles. The molecule has 0 unspecified atom stereocenters. The van der Waals surface area contributed by atoms with Crippen LogP contribution in [-0.4, -0.2) is 31.5 Å². The van der Waals surface area contributed by atoms with Gasteiger partial charge in [-0.25, -0.2) is 0 Å². The summed E-state index contributed by atoms with van der Waals surface area (Å²) in [5, 5.41) is 3.59. The zero-order valence-electron chi connectivity index (χ0n) is 13.4. The molecule has 2 heterocycles. The second kappa shape index (κ2) is 6.60. The first-order valence-electron chi connectivity index (χ1n) is 7.58. The van der Waals surface area contributed by atoms with Gasteiger partial charge < -0.3 is 20.7 Å². The summed E-state index contributed by atoms with van der Waals surface area (Å²) in [5.41, 5.74) is 8.83. The molecule has 0 saturated heterocycles. The number of amides is 1. The summed E-state index contributed by atoms with van der Waals surface area (Å²) in [5.74, 6) is 0.671. The van der Waals surface area contributed by atoms with Gasteiger partial charge in [-0.1, -0.05) is 18.2 Å². The highest BCUT2D eigenvalue weighted by atomic mass is 32.1. The molecule has 1 aromatic carbocycles. The van der Waals surface area contributed by atoms with Gasteiger partial charge in [0.05, 0.1) is 17.7 Å². The molecule has 6 heteroatoms. The lowest BCUT2D eigenvalue weighted by Crippen LogP contribution is -2.29. The van der Waals surface area contributed by atoms with Gasteiger partial charge in [0.15, 0.2) is 0 Å². The Hall–Kier alpha value is -2.05. The lowest BCUT2D eigenvalue weighted by atomic mass is 10.0. The molecule has 0 atom stereocenters. The van der Waals surface area contributed by atoms with Crippen LogP contribution in [0.5, 0.6) is 5.75 Å². The Morgan fingerprint density at radius 2 is 2.22 bits per heavy atom. The highest BCUT2D eigenvalue weighted by molar-refractivity contribution is 7.16. The van der Waals surface area contributed by atoms with Gasteiger partial charge in [-0.05, 0) is 25.1 Å². The van der Waals surface area contributed by atoms with Crippen molar-refractivity contribution in [3.8, 4) is 5.75 Å². The monoisotopic (exact) mass is 331 g/mol. The van der Waals surface area contributed by atoms with Crippen LogP contribution in [-0.2, 0) is 19.5 Å². The van der Waals surface area contributed by atoms with E-state index in [-0.39, 0.29) is 5.91 Å². The third-order valence-corrected chi connectivity index (χ3v) is 5.18. The van der Waals surface area contributed by atoms with Crippen LogP contribution in [0, 0.1) is 0 Å². The number of ether oxygens (including phenoxy) is 1. The van der Waals surface area contributed by atoms with E-state index in [1.165, 1.54) is 16.2 Å². The van der Waals surface area contributed by atoms with Crippen LogP contribution in [0.2, 0.25) is 0 Å². The summed E-state index contributed by atoms with van der Waals surface area (Å²) in [6, 6.07) is 7.67. The summed E-state index contributed by atoms with van der Waals surface area (Å²) in [4.78, 5) is 16.1. The van der Waals surface area contributed by atoms with Crippen LogP contribution in [0.15, 0.2) is 24.3 Å². The van der Waals surface area contributed by atoms with Gasteiger partial charge in [0.1, 0.15) is 5.75 Å². The molecule has 2 aromatic rings. The number of hydrogen-bond acceptors (Lipinski definition) is 5. The number of carbonyl (C=O) groups excluding carboxylic acids is 1. The number of nitrogens with one attached hydrogen (secondary N) is 1. The number of fused-ring (bicyclic) bond motifs is 1. The SMILES string of the molecule is COc1ccccc1CNC(=O)c1c(N)sc2c1CCN(C)C2. The van der Waals surface area contributed by atoms with E-state index in [4.69, 9.17) is 10.5 Å². The van der Waals surface area contributed by atoms with E-state index in [2.05, 4.69) is 17.3 Å². The molecule has 0 radical (unpaired) electrons. The molecule has 0 saturated carbocycles. The minimum Gasteiger partial charge on any atom is -0.496 e. The summed E-state index contributed by atoms with van der Waals surface area (Å²) in [6.07, 6.45) is 0.872. The molecular weight excluding hydrogens is 310 g/mol. The zero-order valence-corrected chi connectivity index (χ0v) is 14.2. The van der Waals surface area contributed by atoms with Crippen molar-refractivity contribution in [1.82, 2.24) is 10.2 Å². The van der Waals surface area contributed by atoms with Crippen LogP contribution in [0.1, 0.15) is 26.4 Å². The molecular formula is C17H21N3O2S. The normalized spacial score (nSPS) is 14.3. The number of nitrogens with two attached hydrogens (primary N) is 1. The Labute approximate surface area is 140 Å². The first-order valence-corrected chi connectivity index (χ1v) is 8.40. The highest BCUT2D eigenvalue weighted by Gasteiger charge is 2.25. The smallest absolute Gasteiger partial charge is 0.254 e. The number of nitrogens with zero attached hydrogens (tertiary/aromatic N) is 1. The van der Waals surface area contributed by atoms with Crippen LogP contribution < -0.4 is 15.8 Å². The second-order valence-electron chi connectivity index (χ2n) is 5.73. The molecule has 0 aliphatic carbocycles. The van der Waals surface area contributed by atoms with Crippen LogP contribution in [0.4, 0.5) is 5.00 Å². The number of carbonyl (C=O) groups is 1. The number of anilines is 1. The van der Waals surface area contributed by atoms with Gasteiger partial charge in [-0.15, -0.1) is 11.3 Å². The molecule has 23 heavy (non-hydrogen) atoms. The van der Waals surface area contributed by atoms with E-state index in [1.54, 1.807) is 7.11 Å². The van der Waals surface area contributed by atoms with E-state index < -0.39 is 0 Å². The summed E-state index contributed by atoms with van der Waals surface area (Å²) >= 11 is 1.53. The van der Waals surface area contributed by atoms with Gasteiger partial charge in [0.2, 0.25) is 0 Å². The summed E-state index contributed by atoms with van der Waals surface area (Å²) < 4.78 is 5.31. The van der Waals surface area contributed by atoms with Crippen molar-refractivity contribution in [1.29, 1.82) is 0 Å². The maximum absolute atomic E-state index is 12.6. The zero-order chi connectivity index (χ0) is 16.4. The number of likely N-dealkylation sites (N-methyl/N-ethyl adjacent to an activating group) is 1. The van der Waals surface area contributed by atoms with Gasteiger partial charge in [-0.2, -0.15) is 0 Å². The minimum atomic E-state index is -0.101. The quantitative estimate of drug-likeness (QED) is 0.902. The van der Waals surface area contributed by atoms with Crippen LogP contribution >= 0.6 is 11.3 Å². The van der Waals surface area contributed by atoms with E-state index in [0.29, 0.717) is 17.1 Å². The lowest BCUT2D eigenvalue weighted by molar-refractivity contribution is 0.0950. The van der Waals surface area contributed by atoms with Crippen molar-refractivity contribution >= 4 is 22.2 Å². The standard InChI is InChI=1S/C17H21N3O2S/c1-20-8-7-12-14(10-20)23-16(18)15(12)17(21)19-9-11-5-3-4-6-13(11)22-2/h3-6H,7-10,18H2,1-2H3,(H,19,21). The Kier molecular flexibility index (Phi) is 4.54. The second-order valence-corrected chi connectivity index (χ2v) is 6.86. The van der Waals surface area contributed by atoms with Gasteiger partial charge in [0.25, 0.3) is 5.91 Å². The van der Waals surface area contributed by atoms with Gasteiger partial charge in [0, 0.05) is 30.1 Å². The summed E-state index contributed by atoms with van der Waals surface area (Å²) in [6.45, 7) is 2.24. The molecule has 0 spiro atoms. The molecule has 1 aromatic heterocycles. The molecule has 5 nitrogen and oxygen atoms in total. The fourth-order valence-corrected chi connectivity index (χ4v) is 4.11. The number of benzene rings is 1. The predicted octanol–water partition coefficient (Wildman–Crippen LogP) is 2.26. The first kappa shape index (κ1) is 15.8. The number of methoxy groups -OCH3 is 1. The average molecular weight is 331 g/mol. The Morgan fingerprint density at radius 3 is 3.00 bits per heavy atom. The van der Waals surface area contributed by atoms with E-state index in [0.717, 1.165) is 36.4 Å². The molecule has 3 rings (SSSR count). The van der Waals surface area contributed by atoms with Crippen molar-refractivity contribution in [2.75, 3.05) is 26.4 Å². The summed E-state index contributed by atoms with van der Waals surface area (Å²) in [7, 11) is 3.71. The van der Waals surface area contributed by atoms with E-state index in [9.17, 15) is 4.79 Å². The number of rotatable bonds is 4. The highest BCUT2D eigenvalue weighted by Crippen LogP contribution is 2.34. The maximum Gasteiger partial charge on any atom is 0.254 e. The largest absolute Gasteiger partial charge is 0.496 e. The van der Waals surface area contributed by atoms with Crippen LogP contribution in [0.3, 0.4) is 0 Å². The minimum absolute atomic E-state index is 0.101. The van der Waals surface area contributed by atoms with Crippen LogP contribution in [0.25, 0.3) is 0 Å². The fraction of sp³-hybridized carbons (Fsp3) is 0.353. The number of hydrogen-bond donors (Lipinski definition) is 2. The molecule has 3 N–H and O–H groups in total. The molecule has 1 aliphatic rings. The average Bonchev–Trinajstić information content (AvgIpc) is 2.87. The Bertz CT molecular complexity index is 727. The van der Waals surface area contributed by atoms with Crippen molar-refractivity contribution in [2.24, 2.45) is 0 Å². The number of nitrogen functional groups attached to an aromatic ring is 1. The molecule has 0 fully saturated rings. The van der Waals surface area contributed by atoms with E-state index >= 15 is 0 Å². The lowest BCUT2D eigenvalue weighted by Gasteiger charge is -2.22. The molecule has 0 bridgehead atoms. The Balaban J connectivity index is 1.77. The van der Waals surface area contributed by atoms with Crippen molar-refractivity contribution in [3.05, 3.63) is 45.8 Å². The third kappa shape index (κ3) is 3.18. The van der Waals surface area contributed by atoms with Gasteiger partial charge in [-0.3, -0.25) is 4.79 Å². The van der Waals surface area contributed by atoms with E-state index in [1.807, 2.05) is 24.3 Å². The predicted molar refractivity (Wildman–Crippen MR) is 92.9 cm³/mol. The number of para-hydroxylation sites is 1. The molecule has 1 amide bonds. The van der Waals surface area contributed by atoms with Crippen molar-refractivity contribution in [3.63, 3.8) is 0 Å². The third-order valence-electron chi connectivity index (χ3n) is 4.13.